The van der Waals surface area contributed by atoms with Crippen LogP contribution in [-0.2, 0) is 6.54 Å². The molecule has 0 amide bonds. The van der Waals surface area contributed by atoms with Crippen molar-refractivity contribution in [2.45, 2.75) is 32.5 Å². The second-order valence-electron chi connectivity index (χ2n) is 4.90. The Bertz CT molecular complexity index is 387. The smallest absolute Gasteiger partial charge is 0.124 e. The molecule has 1 aliphatic heterocycles. The lowest BCUT2D eigenvalue weighted by Crippen LogP contribution is -2.53. The Hall–Kier alpha value is -0.640. The second kappa shape index (κ2) is 5.34. The van der Waals surface area contributed by atoms with Gasteiger partial charge in [-0.1, -0.05) is 17.7 Å². The average Bonchev–Trinajstić information content (AvgIpc) is 2.21. The van der Waals surface area contributed by atoms with E-state index < -0.39 is 0 Å². The van der Waals surface area contributed by atoms with E-state index in [1.165, 1.54) is 12.1 Å². The first-order valence-corrected chi connectivity index (χ1v) is 6.34. The van der Waals surface area contributed by atoms with Gasteiger partial charge in [0.05, 0.1) is 0 Å². The Morgan fingerprint density at radius 3 is 2.59 bits per heavy atom. The molecule has 1 fully saturated rings. The highest BCUT2D eigenvalue weighted by atomic mass is 35.5. The standard InChI is InChI=1S/C13H18ClFN2/c1-9-6-17(7-10(2)16-9)8-11-3-4-12(15)5-13(11)14/h3-5,9-10,16H,6-8H2,1-2H3. The third kappa shape index (κ3) is 3.41. The van der Waals surface area contributed by atoms with Gasteiger partial charge in [-0.05, 0) is 31.5 Å². The Morgan fingerprint density at radius 2 is 2.00 bits per heavy atom. The minimum absolute atomic E-state index is 0.277. The van der Waals surface area contributed by atoms with Crippen molar-refractivity contribution in [3.63, 3.8) is 0 Å². The first-order chi connectivity index (χ1) is 8.04. The summed E-state index contributed by atoms with van der Waals surface area (Å²) in [4.78, 5) is 2.35. The summed E-state index contributed by atoms with van der Waals surface area (Å²) in [7, 11) is 0. The van der Waals surface area contributed by atoms with Gasteiger partial charge >= 0.3 is 0 Å². The predicted octanol–water partition coefficient (Wildman–Crippen LogP) is 2.66. The molecule has 0 bridgehead atoms. The number of rotatable bonds is 2. The van der Waals surface area contributed by atoms with Crippen molar-refractivity contribution >= 4 is 11.6 Å². The lowest BCUT2D eigenvalue weighted by atomic mass is 10.1. The summed E-state index contributed by atoms with van der Waals surface area (Å²) in [5.74, 6) is -0.277. The van der Waals surface area contributed by atoms with Crippen molar-refractivity contribution in [3.05, 3.63) is 34.6 Å². The Labute approximate surface area is 107 Å². The number of halogens is 2. The lowest BCUT2D eigenvalue weighted by molar-refractivity contribution is 0.166. The highest BCUT2D eigenvalue weighted by molar-refractivity contribution is 6.31. The van der Waals surface area contributed by atoms with Gasteiger partial charge in [0.2, 0.25) is 0 Å². The zero-order chi connectivity index (χ0) is 12.4. The van der Waals surface area contributed by atoms with E-state index in [0.29, 0.717) is 17.1 Å². The van der Waals surface area contributed by atoms with Crippen molar-refractivity contribution in [2.24, 2.45) is 0 Å². The predicted molar refractivity (Wildman–Crippen MR) is 68.7 cm³/mol. The summed E-state index contributed by atoms with van der Waals surface area (Å²) in [6.45, 7) is 7.13. The Balaban J connectivity index is 2.04. The van der Waals surface area contributed by atoms with Crippen LogP contribution in [0.5, 0.6) is 0 Å². The van der Waals surface area contributed by atoms with Gasteiger partial charge in [0.25, 0.3) is 0 Å². The third-order valence-corrected chi connectivity index (χ3v) is 3.39. The SMILES string of the molecule is CC1CN(Cc2ccc(F)cc2Cl)CC(C)N1. The largest absolute Gasteiger partial charge is 0.309 e. The number of nitrogens with zero attached hydrogens (tertiary/aromatic N) is 1. The maximum atomic E-state index is 12.9. The summed E-state index contributed by atoms with van der Waals surface area (Å²) in [6.07, 6.45) is 0. The quantitative estimate of drug-likeness (QED) is 0.875. The molecule has 0 spiro atoms. The average molecular weight is 257 g/mol. The van der Waals surface area contributed by atoms with E-state index in [1.54, 1.807) is 6.07 Å². The van der Waals surface area contributed by atoms with E-state index in [2.05, 4.69) is 24.1 Å². The van der Waals surface area contributed by atoms with Crippen LogP contribution >= 0.6 is 11.6 Å². The molecule has 0 radical (unpaired) electrons. The zero-order valence-electron chi connectivity index (χ0n) is 10.2. The van der Waals surface area contributed by atoms with E-state index in [1.807, 2.05) is 0 Å². The van der Waals surface area contributed by atoms with Gasteiger partial charge in [0, 0.05) is 36.7 Å². The van der Waals surface area contributed by atoms with E-state index in [-0.39, 0.29) is 5.82 Å². The first-order valence-electron chi connectivity index (χ1n) is 5.97. The van der Waals surface area contributed by atoms with Crippen LogP contribution in [0.2, 0.25) is 5.02 Å². The summed E-state index contributed by atoms with van der Waals surface area (Å²) >= 11 is 6.04. The molecule has 1 aromatic carbocycles. The van der Waals surface area contributed by atoms with Crippen molar-refractivity contribution in [1.82, 2.24) is 10.2 Å². The lowest BCUT2D eigenvalue weighted by Gasteiger charge is -2.36. The van der Waals surface area contributed by atoms with E-state index in [0.717, 1.165) is 25.2 Å². The molecule has 2 nitrogen and oxygen atoms in total. The number of nitrogens with one attached hydrogen (secondary N) is 1. The van der Waals surface area contributed by atoms with Gasteiger partial charge < -0.3 is 5.32 Å². The molecule has 0 saturated carbocycles. The summed E-state index contributed by atoms with van der Waals surface area (Å²) in [5, 5.41) is 4.00. The molecule has 2 unspecified atom stereocenters. The van der Waals surface area contributed by atoms with Gasteiger partial charge in [-0.2, -0.15) is 0 Å². The van der Waals surface area contributed by atoms with Crippen molar-refractivity contribution < 1.29 is 4.39 Å². The Morgan fingerprint density at radius 1 is 1.35 bits per heavy atom. The van der Waals surface area contributed by atoms with E-state index in [4.69, 9.17) is 11.6 Å². The fourth-order valence-corrected chi connectivity index (χ4v) is 2.69. The normalized spacial score (nSPS) is 26.1. The summed E-state index contributed by atoms with van der Waals surface area (Å²) < 4.78 is 12.9. The molecular weight excluding hydrogens is 239 g/mol. The molecule has 1 saturated heterocycles. The zero-order valence-corrected chi connectivity index (χ0v) is 11.0. The van der Waals surface area contributed by atoms with Crippen molar-refractivity contribution in [1.29, 1.82) is 0 Å². The van der Waals surface area contributed by atoms with E-state index in [9.17, 15) is 4.39 Å². The topological polar surface area (TPSA) is 15.3 Å². The fraction of sp³-hybridized carbons (Fsp3) is 0.538. The molecule has 17 heavy (non-hydrogen) atoms. The van der Waals surface area contributed by atoms with Crippen LogP contribution in [0, 0.1) is 5.82 Å². The number of hydrogen-bond donors (Lipinski definition) is 1. The molecule has 1 aromatic rings. The molecule has 2 rings (SSSR count). The molecule has 1 N–H and O–H groups in total. The first kappa shape index (κ1) is 12.8. The van der Waals surface area contributed by atoms with Crippen LogP contribution in [0.4, 0.5) is 4.39 Å². The molecular formula is C13H18ClFN2. The maximum Gasteiger partial charge on any atom is 0.124 e. The highest BCUT2D eigenvalue weighted by Crippen LogP contribution is 2.20. The van der Waals surface area contributed by atoms with Crippen LogP contribution in [0.15, 0.2) is 18.2 Å². The molecule has 0 aliphatic carbocycles. The van der Waals surface area contributed by atoms with Crippen LogP contribution in [0.3, 0.4) is 0 Å². The minimum atomic E-state index is -0.277. The molecule has 94 valence electrons. The maximum absolute atomic E-state index is 12.9. The minimum Gasteiger partial charge on any atom is -0.309 e. The summed E-state index contributed by atoms with van der Waals surface area (Å²) in [5.41, 5.74) is 0.995. The van der Waals surface area contributed by atoms with Crippen LogP contribution in [0.1, 0.15) is 19.4 Å². The molecule has 0 aromatic heterocycles. The fourth-order valence-electron chi connectivity index (χ4n) is 2.46. The molecule has 1 heterocycles. The second-order valence-corrected chi connectivity index (χ2v) is 5.31. The van der Waals surface area contributed by atoms with Crippen LogP contribution in [0.25, 0.3) is 0 Å². The molecule has 4 heteroatoms. The van der Waals surface area contributed by atoms with Crippen molar-refractivity contribution in [2.75, 3.05) is 13.1 Å². The van der Waals surface area contributed by atoms with Gasteiger partial charge in [-0.3, -0.25) is 4.90 Å². The van der Waals surface area contributed by atoms with Gasteiger partial charge in [-0.25, -0.2) is 4.39 Å². The Kier molecular flexibility index (Phi) is 4.02. The number of benzene rings is 1. The van der Waals surface area contributed by atoms with Gasteiger partial charge in [0.1, 0.15) is 5.82 Å². The number of hydrogen-bond acceptors (Lipinski definition) is 2. The van der Waals surface area contributed by atoms with Crippen molar-refractivity contribution in [3.8, 4) is 0 Å². The number of piperazine rings is 1. The molecule has 2 atom stereocenters. The monoisotopic (exact) mass is 256 g/mol. The highest BCUT2D eigenvalue weighted by Gasteiger charge is 2.21. The third-order valence-electron chi connectivity index (χ3n) is 3.04. The van der Waals surface area contributed by atoms with Crippen LogP contribution in [-0.4, -0.2) is 30.1 Å². The van der Waals surface area contributed by atoms with Gasteiger partial charge in [-0.15, -0.1) is 0 Å². The van der Waals surface area contributed by atoms with E-state index >= 15 is 0 Å². The molecule has 1 aliphatic rings. The van der Waals surface area contributed by atoms with Gasteiger partial charge in [0.15, 0.2) is 0 Å². The summed E-state index contributed by atoms with van der Waals surface area (Å²) in [6, 6.07) is 5.59. The van der Waals surface area contributed by atoms with Crippen LogP contribution < -0.4 is 5.32 Å².